The Kier molecular flexibility index (Phi) is 3.06. The van der Waals surface area contributed by atoms with E-state index in [9.17, 15) is 8.42 Å². The van der Waals surface area contributed by atoms with E-state index < -0.39 is 10.0 Å². The van der Waals surface area contributed by atoms with Gasteiger partial charge in [-0.05, 0) is 25.0 Å². The molecule has 0 spiro atoms. The lowest BCUT2D eigenvalue weighted by atomic mass is 9.91. The van der Waals surface area contributed by atoms with E-state index in [1.165, 1.54) is 0 Å². The fraction of sp³-hybridized carbons (Fsp3) is 0.462. The summed E-state index contributed by atoms with van der Waals surface area (Å²) < 4.78 is 26.5. The highest BCUT2D eigenvalue weighted by molar-refractivity contribution is 7.90. The first-order chi connectivity index (χ1) is 9.08. The Morgan fingerprint density at radius 3 is 2.74 bits per heavy atom. The molecule has 0 amide bonds. The van der Waals surface area contributed by atoms with Gasteiger partial charge in [0.15, 0.2) is 0 Å². The molecule has 19 heavy (non-hydrogen) atoms. The molecule has 1 heterocycles. The van der Waals surface area contributed by atoms with Crippen LogP contribution in [-0.2, 0) is 10.0 Å². The highest BCUT2D eigenvalue weighted by Crippen LogP contribution is 2.25. The smallest absolute Gasteiger partial charge is 0.263 e. The fourth-order valence-electron chi connectivity index (χ4n) is 2.70. The van der Waals surface area contributed by atoms with E-state index in [1.807, 2.05) is 6.07 Å². The molecule has 0 bridgehead atoms. The molecule has 1 aromatic carbocycles. The van der Waals surface area contributed by atoms with Gasteiger partial charge < -0.3 is 5.73 Å². The summed E-state index contributed by atoms with van der Waals surface area (Å²) in [6.07, 6.45) is 4.11. The maximum atomic E-state index is 12.0. The Morgan fingerprint density at radius 1 is 1.21 bits per heavy atom. The van der Waals surface area contributed by atoms with E-state index in [2.05, 4.69) is 9.71 Å². The van der Waals surface area contributed by atoms with Crippen LogP contribution in [0.5, 0.6) is 0 Å². The van der Waals surface area contributed by atoms with Crippen LogP contribution in [0.4, 0.5) is 0 Å². The second-order valence-electron chi connectivity index (χ2n) is 5.10. The third kappa shape index (κ3) is 2.26. The third-order valence-electron chi connectivity index (χ3n) is 3.74. The molecule has 2 aliphatic rings. The van der Waals surface area contributed by atoms with Crippen molar-refractivity contribution in [3.63, 3.8) is 0 Å². The van der Waals surface area contributed by atoms with Gasteiger partial charge in [0.05, 0.1) is 10.9 Å². The van der Waals surface area contributed by atoms with Crippen molar-refractivity contribution in [2.75, 3.05) is 0 Å². The molecule has 0 saturated heterocycles. The normalized spacial score (nSPS) is 30.9. The minimum atomic E-state index is -3.44. The van der Waals surface area contributed by atoms with Crippen LogP contribution in [0.1, 0.15) is 31.2 Å². The summed E-state index contributed by atoms with van der Waals surface area (Å²) in [5.74, 6) is 0.443. The minimum absolute atomic E-state index is 0.0117. The average molecular weight is 279 g/mol. The number of nitrogens with one attached hydrogen (secondary N) is 1. The van der Waals surface area contributed by atoms with Gasteiger partial charge in [0.25, 0.3) is 10.0 Å². The van der Waals surface area contributed by atoms with E-state index in [1.54, 1.807) is 18.2 Å². The summed E-state index contributed by atoms with van der Waals surface area (Å²) in [6.45, 7) is 0. The van der Waals surface area contributed by atoms with Gasteiger partial charge in [-0.2, -0.15) is 0 Å². The number of hydrogen-bond acceptors (Lipinski definition) is 4. The molecule has 0 radical (unpaired) electrons. The zero-order chi connectivity index (χ0) is 13.5. The number of aliphatic imine (C=N–C) groups is 1. The molecule has 0 aromatic heterocycles. The minimum Gasteiger partial charge on any atom is -0.326 e. The second kappa shape index (κ2) is 4.61. The van der Waals surface area contributed by atoms with Crippen LogP contribution in [0.25, 0.3) is 0 Å². The summed E-state index contributed by atoms with van der Waals surface area (Å²) >= 11 is 0. The van der Waals surface area contributed by atoms with Gasteiger partial charge in [0, 0.05) is 11.6 Å². The van der Waals surface area contributed by atoms with Crippen molar-refractivity contribution in [2.45, 2.75) is 42.7 Å². The van der Waals surface area contributed by atoms with Crippen molar-refractivity contribution in [3.05, 3.63) is 29.8 Å². The first kappa shape index (κ1) is 12.6. The van der Waals surface area contributed by atoms with Crippen molar-refractivity contribution >= 4 is 15.9 Å². The first-order valence-corrected chi connectivity index (χ1v) is 8.02. The highest BCUT2D eigenvalue weighted by atomic mass is 32.2. The molecule has 6 heteroatoms. The molecule has 1 saturated carbocycles. The molecule has 0 unspecified atom stereocenters. The maximum Gasteiger partial charge on any atom is 0.263 e. The maximum absolute atomic E-state index is 12.0. The second-order valence-corrected chi connectivity index (χ2v) is 6.75. The molecular weight excluding hydrogens is 262 g/mol. The SMILES string of the molecule is N[C@@H]1CCCC[C@H]1N=C1NS(=O)(=O)c2ccccc21. The predicted molar refractivity (Wildman–Crippen MR) is 73.5 cm³/mol. The van der Waals surface area contributed by atoms with Gasteiger partial charge in [-0.15, -0.1) is 0 Å². The van der Waals surface area contributed by atoms with E-state index in [0.29, 0.717) is 16.3 Å². The van der Waals surface area contributed by atoms with Crippen molar-refractivity contribution < 1.29 is 8.42 Å². The molecule has 1 aliphatic heterocycles. The lowest BCUT2D eigenvalue weighted by Gasteiger charge is -2.25. The van der Waals surface area contributed by atoms with Crippen LogP contribution in [0, 0.1) is 0 Å². The summed E-state index contributed by atoms with van der Waals surface area (Å²) in [6, 6.07) is 6.95. The Labute approximate surface area is 113 Å². The lowest BCUT2D eigenvalue weighted by molar-refractivity contribution is 0.386. The van der Waals surface area contributed by atoms with E-state index >= 15 is 0 Å². The Morgan fingerprint density at radius 2 is 1.95 bits per heavy atom. The Balaban J connectivity index is 1.99. The number of amidine groups is 1. The lowest BCUT2D eigenvalue weighted by Crippen LogP contribution is -2.38. The van der Waals surface area contributed by atoms with Crippen LogP contribution in [-0.4, -0.2) is 26.3 Å². The fourth-order valence-corrected chi connectivity index (χ4v) is 3.93. The van der Waals surface area contributed by atoms with Crippen LogP contribution in [0.3, 0.4) is 0 Å². The number of fused-ring (bicyclic) bond motifs is 1. The number of hydrogen-bond donors (Lipinski definition) is 2. The van der Waals surface area contributed by atoms with Gasteiger partial charge in [-0.3, -0.25) is 9.71 Å². The Hall–Kier alpha value is -1.40. The van der Waals surface area contributed by atoms with Gasteiger partial charge in [-0.25, -0.2) is 8.42 Å². The number of nitrogens with two attached hydrogens (primary N) is 1. The molecule has 1 aromatic rings. The number of rotatable bonds is 1. The van der Waals surface area contributed by atoms with Crippen LogP contribution < -0.4 is 10.5 Å². The van der Waals surface area contributed by atoms with Crippen molar-refractivity contribution in [3.8, 4) is 0 Å². The molecular formula is C13H17N3O2S. The van der Waals surface area contributed by atoms with Gasteiger partial charge in [0.1, 0.15) is 5.84 Å². The van der Waals surface area contributed by atoms with Crippen molar-refractivity contribution in [1.29, 1.82) is 0 Å². The van der Waals surface area contributed by atoms with E-state index in [4.69, 9.17) is 5.73 Å². The van der Waals surface area contributed by atoms with E-state index in [-0.39, 0.29) is 12.1 Å². The molecule has 1 aliphatic carbocycles. The largest absolute Gasteiger partial charge is 0.326 e. The number of nitrogens with zero attached hydrogens (tertiary/aromatic N) is 1. The molecule has 5 nitrogen and oxygen atoms in total. The third-order valence-corrected chi connectivity index (χ3v) is 5.14. The monoisotopic (exact) mass is 279 g/mol. The van der Waals surface area contributed by atoms with Crippen molar-refractivity contribution in [1.82, 2.24) is 4.72 Å². The topological polar surface area (TPSA) is 84.5 Å². The van der Waals surface area contributed by atoms with Crippen LogP contribution >= 0.6 is 0 Å². The summed E-state index contributed by atoms with van der Waals surface area (Å²) in [7, 11) is -3.44. The molecule has 3 N–H and O–H groups in total. The molecule has 2 atom stereocenters. The zero-order valence-electron chi connectivity index (χ0n) is 10.5. The van der Waals surface area contributed by atoms with Gasteiger partial charge in [0.2, 0.25) is 0 Å². The number of sulfonamides is 1. The van der Waals surface area contributed by atoms with Crippen molar-refractivity contribution in [2.24, 2.45) is 10.7 Å². The molecule has 1 fully saturated rings. The van der Waals surface area contributed by atoms with Gasteiger partial charge >= 0.3 is 0 Å². The average Bonchev–Trinajstić information content (AvgIpc) is 2.65. The zero-order valence-corrected chi connectivity index (χ0v) is 11.4. The molecule has 3 rings (SSSR count). The van der Waals surface area contributed by atoms with Gasteiger partial charge in [-0.1, -0.05) is 25.0 Å². The highest BCUT2D eigenvalue weighted by Gasteiger charge is 2.32. The van der Waals surface area contributed by atoms with Crippen LogP contribution in [0.15, 0.2) is 34.2 Å². The first-order valence-electron chi connectivity index (χ1n) is 6.53. The van der Waals surface area contributed by atoms with E-state index in [0.717, 1.165) is 25.7 Å². The summed E-state index contributed by atoms with van der Waals surface area (Å²) in [5, 5.41) is 0. The quantitative estimate of drug-likeness (QED) is 0.804. The standard InChI is InChI=1S/C13H17N3O2S/c14-10-6-2-3-7-11(10)15-13-9-5-1-4-8-12(9)19(17,18)16-13/h1,4-5,8,10-11H,2-3,6-7,14H2,(H,15,16)/t10-,11-/m1/s1. The Bertz CT molecular complexity index is 625. The number of benzene rings is 1. The predicted octanol–water partition coefficient (Wildman–Crippen LogP) is 0.995. The molecule has 102 valence electrons. The van der Waals surface area contributed by atoms with Crippen LogP contribution in [0.2, 0.25) is 0 Å². The summed E-state index contributed by atoms with van der Waals surface area (Å²) in [4.78, 5) is 4.86. The summed E-state index contributed by atoms with van der Waals surface area (Å²) in [5.41, 5.74) is 6.71.